The van der Waals surface area contributed by atoms with Gasteiger partial charge in [0.2, 0.25) is 0 Å². The third kappa shape index (κ3) is 2.04. The van der Waals surface area contributed by atoms with E-state index in [2.05, 4.69) is 50.0 Å². The Balaban J connectivity index is 2.49. The van der Waals surface area contributed by atoms with Crippen molar-refractivity contribution in [3.05, 3.63) is 46.3 Å². The van der Waals surface area contributed by atoms with Gasteiger partial charge in [-0.15, -0.1) is 11.3 Å². The maximum absolute atomic E-state index is 4.86. The Morgan fingerprint density at radius 1 is 1.00 bits per heavy atom. The van der Waals surface area contributed by atoms with E-state index in [9.17, 15) is 0 Å². The molecule has 0 unspecified atom stereocenters. The van der Waals surface area contributed by atoms with E-state index in [4.69, 9.17) is 4.98 Å². The maximum Gasteiger partial charge on any atom is 0.0840 e. The van der Waals surface area contributed by atoms with Gasteiger partial charge < -0.3 is 0 Å². The summed E-state index contributed by atoms with van der Waals surface area (Å²) in [6, 6.07) is 8.62. The van der Waals surface area contributed by atoms with Crippen molar-refractivity contribution < 1.29 is 0 Å². The molecule has 0 aromatic heterocycles. The second-order valence-electron chi connectivity index (χ2n) is 4.98. The van der Waals surface area contributed by atoms with Crippen molar-refractivity contribution in [2.75, 3.05) is 7.05 Å². The van der Waals surface area contributed by atoms with E-state index in [1.807, 2.05) is 7.05 Å². The van der Waals surface area contributed by atoms with Crippen molar-refractivity contribution in [3.63, 3.8) is 0 Å². The third-order valence-corrected chi connectivity index (χ3v) is 4.42. The van der Waals surface area contributed by atoms with E-state index in [0.29, 0.717) is 0 Å². The van der Waals surface area contributed by atoms with E-state index in [1.165, 1.54) is 26.3 Å². The van der Waals surface area contributed by atoms with Crippen LogP contribution in [0, 0.1) is 20.8 Å². The highest BCUT2D eigenvalue weighted by Gasteiger charge is 2.11. The molecule has 19 heavy (non-hydrogen) atoms. The first kappa shape index (κ1) is 12.3. The fourth-order valence-electron chi connectivity index (χ4n) is 2.45. The molecular formula is C16H16N2S. The minimum Gasteiger partial charge on any atom is -0.289 e. The highest BCUT2D eigenvalue weighted by Crippen LogP contribution is 2.33. The number of nitrogens with zero attached hydrogens (tertiary/aromatic N) is 2. The number of rotatable bonds is 0. The first-order chi connectivity index (χ1) is 9.08. The molecule has 1 aromatic carbocycles. The summed E-state index contributed by atoms with van der Waals surface area (Å²) in [5, 5.41) is 1.02. The van der Waals surface area contributed by atoms with Crippen LogP contribution in [0.15, 0.2) is 29.3 Å². The Morgan fingerprint density at radius 3 is 2.53 bits per heavy atom. The molecule has 0 saturated carbocycles. The molecule has 0 radical (unpaired) electrons. The molecule has 1 aromatic rings. The fourth-order valence-corrected chi connectivity index (χ4v) is 3.72. The molecule has 0 bridgehead atoms. The summed E-state index contributed by atoms with van der Waals surface area (Å²) >= 11 is 1.80. The normalized spacial score (nSPS) is 12.5. The van der Waals surface area contributed by atoms with Crippen molar-refractivity contribution in [1.82, 2.24) is 4.98 Å². The summed E-state index contributed by atoms with van der Waals surface area (Å²) < 4.78 is 1.25. The van der Waals surface area contributed by atoms with Crippen LogP contribution in [0.5, 0.6) is 0 Å². The Labute approximate surface area is 116 Å². The lowest BCUT2D eigenvalue weighted by molar-refractivity contribution is 1.23. The Kier molecular flexibility index (Phi) is 2.86. The van der Waals surface area contributed by atoms with Crippen LogP contribution in [0.1, 0.15) is 16.7 Å². The second-order valence-corrected chi connectivity index (χ2v) is 6.06. The van der Waals surface area contributed by atoms with E-state index >= 15 is 0 Å². The van der Waals surface area contributed by atoms with Gasteiger partial charge in [-0.1, -0.05) is 6.07 Å². The van der Waals surface area contributed by atoms with Crippen LogP contribution in [0.25, 0.3) is 20.8 Å². The van der Waals surface area contributed by atoms with Crippen LogP contribution >= 0.6 is 11.3 Å². The molecular weight excluding hydrogens is 252 g/mol. The highest BCUT2D eigenvalue weighted by molar-refractivity contribution is 7.21. The summed E-state index contributed by atoms with van der Waals surface area (Å²) in [6.07, 6.45) is 0. The van der Waals surface area contributed by atoms with Crippen molar-refractivity contribution in [3.8, 4) is 10.6 Å². The Bertz CT molecular complexity index is 815. The molecule has 1 aliphatic heterocycles. The van der Waals surface area contributed by atoms with Crippen LogP contribution in [-0.4, -0.2) is 12.0 Å². The lowest BCUT2D eigenvalue weighted by atomic mass is 10.1. The predicted molar refractivity (Wildman–Crippen MR) is 81.9 cm³/mol. The van der Waals surface area contributed by atoms with Gasteiger partial charge in [-0.25, -0.2) is 4.98 Å². The number of benzene rings is 2. The molecule has 1 heterocycles. The third-order valence-electron chi connectivity index (χ3n) is 3.36. The number of fused-ring (bicyclic) bond motifs is 2. The SMILES string of the molecule is CN=c1cc2sc3cc(C)cc(C)c3nc-2c(C)c1. The van der Waals surface area contributed by atoms with Gasteiger partial charge in [-0.05, 0) is 55.7 Å². The molecule has 1 aliphatic carbocycles. The number of hydrogen-bond acceptors (Lipinski definition) is 3. The van der Waals surface area contributed by atoms with Crippen LogP contribution < -0.4 is 5.36 Å². The zero-order valence-corrected chi connectivity index (χ0v) is 12.4. The van der Waals surface area contributed by atoms with Crippen molar-refractivity contribution in [1.29, 1.82) is 0 Å². The van der Waals surface area contributed by atoms with Gasteiger partial charge in [0, 0.05) is 7.05 Å². The van der Waals surface area contributed by atoms with E-state index in [0.717, 1.165) is 16.6 Å². The second kappa shape index (κ2) is 4.42. The van der Waals surface area contributed by atoms with Crippen LogP contribution in [0.2, 0.25) is 0 Å². The first-order valence-electron chi connectivity index (χ1n) is 6.34. The summed E-state index contributed by atoms with van der Waals surface area (Å²) in [5.74, 6) is 0. The topological polar surface area (TPSA) is 25.2 Å². The predicted octanol–water partition coefficient (Wildman–Crippen LogP) is 3.86. The number of aromatic nitrogens is 1. The lowest BCUT2D eigenvalue weighted by Crippen LogP contribution is -2.04. The van der Waals surface area contributed by atoms with Crippen LogP contribution in [0.3, 0.4) is 0 Å². The molecule has 0 amide bonds. The van der Waals surface area contributed by atoms with E-state index < -0.39 is 0 Å². The van der Waals surface area contributed by atoms with Gasteiger partial charge >= 0.3 is 0 Å². The van der Waals surface area contributed by atoms with Gasteiger partial charge in [0.05, 0.1) is 26.1 Å². The molecule has 0 atom stereocenters. The van der Waals surface area contributed by atoms with Crippen molar-refractivity contribution in [2.24, 2.45) is 4.99 Å². The largest absolute Gasteiger partial charge is 0.289 e. The van der Waals surface area contributed by atoms with Gasteiger partial charge in [0.1, 0.15) is 0 Å². The molecule has 96 valence electrons. The van der Waals surface area contributed by atoms with Gasteiger partial charge in [-0.3, -0.25) is 4.99 Å². The zero-order valence-electron chi connectivity index (χ0n) is 11.6. The molecule has 2 aliphatic rings. The number of hydrogen-bond donors (Lipinski definition) is 0. The molecule has 0 spiro atoms. The van der Waals surface area contributed by atoms with Crippen LogP contribution in [-0.2, 0) is 0 Å². The van der Waals surface area contributed by atoms with Gasteiger partial charge in [0.25, 0.3) is 0 Å². The minimum absolute atomic E-state index is 1.02. The molecule has 3 heteroatoms. The smallest absolute Gasteiger partial charge is 0.0840 e. The van der Waals surface area contributed by atoms with Crippen molar-refractivity contribution >= 4 is 21.6 Å². The maximum atomic E-state index is 4.86. The van der Waals surface area contributed by atoms with Gasteiger partial charge in [-0.2, -0.15) is 0 Å². The summed E-state index contributed by atoms with van der Waals surface area (Å²) in [7, 11) is 1.83. The summed E-state index contributed by atoms with van der Waals surface area (Å²) in [4.78, 5) is 10.3. The average Bonchev–Trinajstić information content (AvgIpc) is 2.36. The first-order valence-corrected chi connectivity index (χ1v) is 7.15. The highest BCUT2D eigenvalue weighted by atomic mass is 32.1. The van der Waals surface area contributed by atoms with Crippen LogP contribution in [0.4, 0.5) is 0 Å². The molecule has 0 N–H and O–H groups in total. The Hall–Kier alpha value is -1.74. The minimum atomic E-state index is 1.02. The standard InChI is InChI=1S/C16H16N2S/c1-9-5-10(2)15-13(6-9)19-14-8-12(17-4)7-11(3)16(14)18-15/h5-8H,1-4H3. The molecule has 2 nitrogen and oxygen atoms in total. The Morgan fingerprint density at radius 2 is 1.79 bits per heavy atom. The monoisotopic (exact) mass is 268 g/mol. The fraction of sp³-hybridized carbons (Fsp3) is 0.250. The molecule has 0 fully saturated rings. The number of aryl methyl sites for hydroxylation is 3. The van der Waals surface area contributed by atoms with Crippen molar-refractivity contribution in [2.45, 2.75) is 20.8 Å². The van der Waals surface area contributed by atoms with E-state index in [1.54, 1.807) is 11.3 Å². The average molecular weight is 268 g/mol. The lowest BCUT2D eigenvalue weighted by Gasteiger charge is -2.11. The quantitative estimate of drug-likeness (QED) is 0.568. The van der Waals surface area contributed by atoms with Gasteiger partial charge in [0.15, 0.2) is 0 Å². The summed E-state index contributed by atoms with van der Waals surface area (Å²) in [6.45, 7) is 6.37. The molecule has 3 rings (SSSR count). The summed E-state index contributed by atoms with van der Waals surface area (Å²) in [5.41, 5.74) is 5.94. The zero-order chi connectivity index (χ0) is 13.6. The molecule has 0 saturated heterocycles. The van der Waals surface area contributed by atoms with E-state index in [-0.39, 0.29) is 0 Å².